The van der Waals surface area contributed by atoms with Crippen molar-refractivity contribution in [2.24, 2.45) is 0 Å². The van der Waals surface area contributed by atoms with Crippen LogP contribution in [0.15, 0.2) is 0 Å². The summed E-state index contributed by atoms with van der Waals surface area (Å²) in [5.74, 6) is 0. The Kier molecular flexibility index (Phi) is 4.28. The molecule has 0 saturated carbocycles. The van der Waals surface area contributed by atoms with Gasteiger partial charge in [-0.15, -0.1) is 0 Å². The largest absolute Gasteiger partial charge is 0.388 e. The smallest absolute Gasteiger partial charge is 0.186 e. The van der Waals surface area contributed by atoms with Crippen LogP contribution in [-0.2, 0) is 9.47 Å². The van der Waals surface area contributed by atoms with Gasteiger partial charge in [0.1, 0.15) is 18.3 Å². The van der Waals surface area contributed by atoms with Crippen LogP contribution in [0.4, 0.5) is 0 Å². The maximum Gasteiger partial charge on any atom is 0.186 e. The summed E-state index contributed by atoms with van der Waals surface area (Å²) in [5, 5.41) is 28.3. The van der Waals surface area contributed by atoms with E-state index in [9.17, 15) is 15.3 Å². The van der Waals surface area contributed by atoms with Crippen LogP contribution in [0.1, 0.15) is 20.3 Å². The second kappa shape index (κ2) is 5.04. The van der Waals surface area contributed by atoms with Gasteiger partial charge in [-0.1, -0.05) is 6.92 Å². The number of hydrogen-bond donors (Lipinski definition) is 3. The number of ether oxygens (including phenoxy) is 2. The molecule has 1 heterocycles. The zero-order valence-electron chi connectivity index (χ0n) is 8.46. The summed E-state index contributed by atoms with van der Waals surface area (Å²) < 4.78 is 10.4. The molecule has 14 heavy (non-hydrogen) atoms. The molecule has 84 valence electrons. The first-order chi connectivity index (χ1) is 6.57. The van der Waals surface area contributed by atoms with Crippen molar-refractivity contribution in [3.63, 3.8) is 0 Å². The van der Waals surface area contributed by atoms with Gasteiger partial charge < -0.3 is 24.8 Å². The molecule has 5 nitrogen and oxygen atoms in total. The summed E-state index contributed by atoms with van der Waals surface area (Å²) in [6.07, 6.45) is -4.03. The molecule has 0 radical (unpaired) electrons. The van der Waals surface area contributed by atoms with Crippen LogP contribution in [0, 0.1) is 0 Å². The van der Waals surface area contributed by atoms with Gasteiger partial charge in [0.25, 0.3) is 0 Å². The Hall–Kier alpha value is -0.200. The van der Waals surface area contributed by atoms with Crippen LogP contribution >= 0.6 is 0 Å². The number of aliphatic hydroxyl groups is 3. The Balaban J connectivity index is 2.52. The van der Waals surface area contributed by atoms with Crippen molar-refractivity contribution in [2.45, 2.75) is 51.0 Å². The minimum atomic E-state index is -1.21. The Morgan fingerprint density at radius 1 is 1.14 bits per heavy atom. The summed E-state index contributed by atoms with van der Waals surface area (Å²) in [6, 6.07) is 0. The normalized spacial score (nSPS) is 43.9. The van der Waals surface area contributed by atoms with Crippen molar-refractivity contribution < 1.29 is 24.8 Å². The van der Waals surface area contributed by atoms with Crippen molar-refractivity contribution in [1.29, 1.82) is 0 Å². The van der Waals surface area contributed by atoms with Gasteiger partial charge in [0.2, 0.25) is 0 Å². The molecule has 3 N–H and O–H groups in total. The Morgan fingerprint density at radius 2 is 1.79 bits per heavy atom. The first kappa shape index (κ1) is 11.9. The van der Waals surface area contributed by atoms with Gasteiger partial charge in [0, 0.05) is 6.61 Å². The van der Waals surface area contributed by atoms with E-state index < -0.39 is 30.7 Å². The molecule has 5 atom stereocenters. The summed E-state index contributed by atoms with van der Waals surface area (Å²) in [5.41, 5.74) is 0. The molecule has 0 spiro atoms. The SMILES string of the molecule is CCCO[C@@H]1OC(C)[C@H](O)[C@H](O)C1O. The highest BCUT2D eigenvalue weighted by Gasteiger charge is 2.42. The zero-order chi connectivity index (χ0) is 10.7. The molecule has 2 unspecified atom stereocenters. The van der Waals surface area contributed by atoms with Gasteiger partial charge in [-0.05, 0) is 13.3 Å². The molecule has 1 saturated heterocycles. The van der Waals surface area contributed by atoms with Crippen LogP contribution in [0.5, 0.6) is 0 Å². The molecule has 1 rings (SSSR count). The lowest BCUT2D eigenvalue weighted by Gasteiger charge is -2.38. The molecule has 0 aromatic rings. The van der Waals surface area contributed by atoms with Gasteiger partial charge >= 0.3 is 0 Å². The van der Waals surface area contributed by atoms with Gasteiger partial charge in [-0.3, -0.25) is 0 Å². The van der Waals surface area contributed by atoms with E-state index in [-0.39, 0.29) is 0 Å². The van der Waals surface area contributed by atoms with E-state index >= 15 is 0 Å². The number of hydrogen-bond acceptors (Lipinski definition) is 5. The first-order valence-electron chi connectivity index (χ1n) is 4.89. The fourth-order valence-corrected chi connectivity index (χ4v) is 1.39. The van der Waals surface area contributed by atoms with Crippen molar-refractivity contribution in [3.8, 4) is 0 Å². The van der Waals surface area contributed by atoms with Crippen LogP contribution in [0.25, 0.3) is 0 Å². The maximum absolute atomic E-state index is 9.49. The molecule has 0 aliphatic carbocycles. The van der Waals surface area contributed by atoms with Crippen molar-refractivity contribution in [3.05, 3.63) is 0 Å². The standard InChI is InChI=1S/C9H18O5/c1-3-4-13-9-8(12)7(11)6(10)5(2)14-9/h5-12H,3-4H2,1-2H3/t5?,6-,7-,8?,9+/m0/s1. The average Bonchev–Trinajstić information content (AvgIpc) is 2.18. The minimum Gasteiger partial charge on any atom is -0.388 e. The predicted octanol–water partition coefficient (Wildman–Crippen LogP) is -0.760. The number of aliphatic hydroxyl groups excluding tert-OH is 3. The lowest BCUT2D eigenvalue weighted by molar-refractivity contribution is -0.293. The lowest BCUT2D eigenvalue weighted by Crippen LogP contribution is -2.57. The number of rotatable bonds is 3. The third-order valence-electron chi connectivity index (χ3n) is 2.29. The Labute approximate surface area is 83.3 Å². The van der Waals surface area contributed by atoms with Gasteiger partial charge in [-0.2, -0.15) is 0 Å². The van der Waals surface area contributed by atoms with E-state index in [0.717, 1.165) is 6.42 Å². The van der Waals surface area contributed by atoms with E-state index in [1.165, 1.54) is 0 Å². The monoisotopic (exact) mass is 206 g/mol. The van der Waals surface area contributed by atoms with Crippen LogP contribution < -0.4 is 0 Å². The van der Waals surface area contributed by atoms with Crippen LogP contribution in [0.3, 0.4) is 0 Å². The fraction of sp³-hybridized carbons (Fsp3) is 1.00. The highest BCUT2D eigenvalue weighted by Crippen LogP contribution is 2.21. The molecular formula is C9H18O5. The van der Waals surface area contributed by atoms with Crippen molar-refractivity contribution in [2.75, 3.05) is 6.61 Å². The quantitative estimate of drug-likeness (QED) is 0.565. The van der Waals surface area contributed by atoms with Gasteiger partial charge in [0.05, 0.1) is 6.10 Å². The van der Waals surface area contributed by atoms with Crippen molar-refractivity contribution in [1.82, 2.24) is 0 Å². The summed E-state index contributed by atoms with van der Waals surface area (Å²) in [6.45, 7) is 4.02. The Bertz CT molecular complexity index is 175. The van der Waals surface area contributed by atoms with Crippen LogP contribution in [0.2, 0.25) is 0 Å². The summed E-state index contributed by atoms with van der Waals surface area (Å²) >= 11 is 0. The fourth-order valence-electron chi connectivity index (χ4n) is 1.39. The average molecular weight is 206 g/mol. The molecule has 0 aromatic carbocycles. The molecule has 0 aromatic heterocycles. The molecule has 0 bridgehead atoms. The second-order valence-electron chi connectivity index (χ2n) is 3.55. The molecule has 5 heteroatoms. The third-order valence-corrected chi connectivity index (χ3v) is 2.29. The highest BCUT2D eigenvalue weighted by atomic mass is 16.7. The lowest BCUT2D eigenvalue weighted by atomic mass is 10.0. The Morgan fingerprint density at radius 3 is 2.36 bits per heavy atom. The predicted molar refractivity (Wildman–Crippen MR) is 48.6 cm³/mol. The van der Waals surface area contributed by atoms with Gasteiger partial charge in [0.15, 0.2) is 6.29 Å². The topological polar surface area (TPSA) is 79.2 Å². The molecule has 1 aliphatic rings. The highest BCUT2D eigenvalue weighted by molar-refractivity contribution is 4.86. The zero-order valence-corrected chi connectivity index (χ0v) is 8.46. The molecular weight excluding hydrogens is 188 g/mol. The maximum atomic E-state index is 9.49. The third kappa shape index (κ3) is 2.43. The summed E-state index contributed by atoms with van der Waals surface area (Å²) in [7, 11) is 0. The van der Waals surface area contributed by atoms with Gasteiger partial charge in [-0.25, -0.2) is 0 Å². The van der Waals surface area contributed by atoms with E-state index in [2.05, 4.69) is 0 Å². The first-order valence-corrected chi connectivity index (χ1v) is 4.89. The molecule has 1 aliphatic heterocycles. The van der Waals surface area contributed by atoms with E-state index in [1.807, 2.05) is 6.92 Å². The van der Waals surface area contributed by atoms with E-state index in [4.69, 9.17) is 9.47 Å². The van der Waals surface area contributed by atoms with Crippen LogP contribution in [-0.4, -0.2) is 52.6 Å². The van der Waals surface area contributed by atoms with Crippen molar-refractivity contribution >= 4 is 0 Å². The minimum absolute atomic E-state index is 0.456. The van der Waals surface area contributed by atoms with E-state index in [1.54, 1.807) is 6.92 Å². The molecule has 1 fully saturated rings. The second-order valence-corrected chi connectivity index (χ2v) is 3.55. The summed E-state index contributed by atoms with van der Waals surface area (Å²) in [4.78, 5) is 0. The van der Waals surface area contributed by atoms with E-state index in [0.29, 0.717) is 6.61 Å². The molecule has 0 amide bonds.